The van der Waals surface area contributed by atoms with E-state index in [4.69, 9.17) is 13.9 Å². The normalized spacial score (nSPS) is 12.6. The van der Waals surface area contributed by atoms with E-state index in [1.807, 2.05) is 26.8 Å². The SMILES string of the molecule is COC(=O)C(CC(C)C)Oc1ccc2c(C)c(CCC(C)C)c(=O)oc2c1. The number of hydrogen-bond acceptors (Lipinski definition) is 5. The van der Waals surface area contributed by atoms with Crippen LogP contribution in [0.2, 0.25) is 0 Å². The van der Waals surface area contributed by atoms with E-state index in [0.717, 1.165) is 22.9 Å². The van der Waals surface area contributed by atoms with Gasteiger partial charge in [-0.1, -0.05) is 27.7 Å². The molecular weight excluding hydrogens is 344 g/mol. The van der Waals surface area contributed by atoms with E-state index in [1.165, 1.54) is 7.11 Å². The maximum absolute atomic E-state index is 12.4. The molecule has 5 nitrogen and oxygen atoms in total. The molecule has 0 aliphatic rings. The molecule has 2 aromatic rings. The molecule has 1 aromatic heterocycles. The number of methoxy groups -OCH3 is 1. The monoisotopic (exact) mass is 374 g/mol. The quantitative estimate of drug-likeness (QED) is 0.497. The zero-order valence-electron chi connectivity index (χ0n) is 17.1. The molecule has 0 radical (unpaired) electrons. The van der Waals surface area contributed by atoms with Crippen molar-refractivity contribution in [2.45, 2.75) is 60.0 Å². The minimum Gasteiger partial charge on any atom is -0.479 e. The average molecular weight is 374 g/mol. The highest BCUT2D eigenvalue weighted by Crippen LogP contribution is 2.26. The fourth-order valence-electron chi connectivity index (χ4n) is 3.09. The van der Waals surface area contributed by atoms with E-state index in [2.05, 4.69) is 13.8 Å². The van der Waals surface area contributed by atoms with Gasteiger partial charge in [0.15, 0.2) is 6.10 Å². The van der Waals surface area contributed by atoms with Crippen molar-refractivity contribution in [3.8, 4) is 5.75 Å². The zero-order valence-corrected chi connectivity index (χ0v) is 17.1. The van der Waals surface area contributed by atoms with Gasteiger partial charge in [-0.05, 0) is 55.7 Å². The Kier molecular flexibility index (Phi) is 7.05. The van der Waals surface area contributed by atoms with Crippen LogP contribution in [0, 0.1) is 18.8 Å². The molecule has 5 heteroatoms. The van der Waals surface area contributed by atoms with Gasteiger partial charge in [0, 0.05) is 17.0 Å². The third-order valence-corrected chi connectivity index (χ3v) is 4.66. The Morgan fingerprint density at radius 2 is 1.85 bits per heavy atom. The molecule has 1 unspecified atom stereocenters. The molecule has 0 fully saturated rings. The van der Waals surface area contributed by atoms with Crippen molar-refractivity contribution in [2.75, 3.05) is 7.11 Å². The van der Waals surface area contributed by atoms with Gasteiger partial charge in [0.2, 0.25) is 0 Å². The Balaban J connectivity index is 2.35. The molecule has 0 amide bonds. The summed E-state index contributed by atoms with van der Waals surface area (Å²) in [6.45, 7) is 10.3. The van der Waals surface area contributed by atoms with Crippen LogP contribution in [-0.2, 0) is 16.0 Å². The summed E-state index contributed by atoms with van der Waals surface area (Å²) in [6.07, 6.45) is 1.50. The highest BCUT2D eigenvalue weighted by atomic mass is 16.6. The molecule has 148 valence electrons. The Morgan fingerprint density at radius 1 is 1.15 bits per heavy atom. The molecule has 0 N–H and O–H groups in total. The fraction of sp³-hybridized carbons (Fsp3) is 0.545. The summed E-state index contributed by atoms with van der Waals surface area (Å²) in [7, 11) is 1.35. The predicted octanol–water partition coefficient (Wildman–Crippen LogP) is 4.66. The van der Waals surface area contributed by atoms with E-state index >= 15 is 0 Å². The van der Waals surface area contributed by atoms with Crippen LogP contribution in [0.15, 0.2) is 27.4 Å². The molecule has 0 aliphatic heterocycles. The summed E-state index contributed by atoms with van der Waals surface area (Å²) in [4.78, 5) is 24.4. The summed E-state index contributed by atoms with van der Waals surface area (Å²) < 4.78 is 16.2. The minimum absolute atomic E-state index is 0.276. The average Bonchev–Trinajstić information content (AvgIpc) is 2.59. The van der Waals surface area contributed by atoms with E-state index in [1.54, 1.807) is 12.1 Å². The van der Waals surface area contributed by atoms with E-state index in [-0.39, 0.29) is 11.5 Å². The summed E-state index contributed by atoms with van der Waals surface area (Å²) in [5.41, 5.74) is 1.85. The summed E-state index contributed by atoms with van der Waals surface area (Å²) in [6, 6.07) is 5.36. The summed E-state index contributed by atoms with van der Waals surface area (Å²) in [5, 5.41) is 0.888. The van der Waals surface area contributed by atoms with Crippen molar-refractivity contribution >= 4 is 16.9 Å². The Labute approximate surface area is 160 Å². The van der Waals surface area contributed by atoms with Crippen LogP contribution in [0.25, 0.3) is 11.0 Å². The number of benzene rings is 1. The summed E-state index contributed by atoms with van der Waals surface area (Å²) >= 11 is 0. The summed E-state index contributed by atoms with van der Waals surface area (Å²) in [5.74, 6) is 0.867. The van der Waals surface area contributed by atoms with E-state index in [0.29, 0.717) is 30.1 Å². The van der Waals surface area contributed by atoms with Crippen LogP contribution in [0.4, 0.5) is 0 Å². The first kappa shape index (κ1) is 21.0. The lowest BCUT2D eigenvalue weighted by Crippen LogP contribution is -2.30. The number of carbonyl (C=O) groups is 1. The number of rotatable bonds is 8. The van der Waals surface area contributed by atoms with Crippen LogP contribution in [0.3, 0.4) is 0 Å². The number of carbonyl (C=O) groups excluding carboxylic acids is 1. The van der Waals surface area contributed by atoms with Gasteiger partial charge in [0.25, 0.3) is 0 Å². The number of ether oxygens (including phenoxy) is 2. The number of esters is 1. The highest BCUT2D eigenvalue weighted by Gasteiger charge is 2.23. The minimum atomic E-state index is -0.689. The number of aryl methyl sites for hydroxylation is 1. The van der Waals surface area contributed by atoms with Gasteiger partial charge in [-0.15, -0.1) is 0 Å². The third-order valence-electron chi connectivity index (χ3n) is 4.66. The molecule has 0 bridgehead atoms. The fourth-order valence-corrected chi connectivity index (χ4v) is 3.09. The molecule has 0 saturated heterocycles. The first-order valence-corrected chi connectivity index (χ1v) is 9.53. The van der Waals surface area contributed by atoms with Crippen molar-refractivity contribution in [3.05, 3.63) is 39.7 Å². The first-order chi connectivity index (χ1) is 12.7. The van der Waals surface area contributed by atoms with Gasteiger partial charge in [0.05, 0.1) is 7.11 Å². The maximum Gasteiger partial charge on any atom is 0.347 e. The second-order valence-electron chi connectivity index (χ2n) is 7.84. The lowest BCUT2D eigenvalue weighted by atomic mass is 9.98. The van der Waals surface area contributed by atoms with Crippen LogP contribution in [0.1, 0.15) is 51.7 Å². The second kappa shape index (κ2) is 9.07. The van der Waals surface area contributed by atoms with Crippen LogP contribution < -0.4 is 10.4 Å². The van der Waals surface area contributed by atoms with E-state index in [9.17, 15) is 9.59 Å². The standard InChI is InChI=1S/C22H30O5/c1-13(2)7-9-18-15(5)17-10-8-16(12-19(17)27-21(18)23)26-20(11-14(3)4)22(24)25-6/h8,10,12-14,20H,7,9,11H2,1-6H3. The van der Waals surface area contributed by atoms with Gasteiger partial charge in [-0.25, -0.2) is 9.59 Å². The molecule has 27 heavy (non-hydrogen) atoms. The lowest BCUT2D eigenvalue weighted by molar-refractivity contribution is -0.149. The molecule has 1 atom stereocenters. The zero-order chi connectivity index (χ0) is 20.1. The molecule has 1 heterocycles. The van der Waals surface area contributed by atoms with Crippen molar-refractivity contribution in [1.82, 2.24) is 0 Å². The predicted molar refractivity (Wildman–Crippen MR) is 106 cm³/mol. The molecule has 1 aromatic carbocycles. The smallest absolute Gasteiger partial charge is 0.347 e. The third kappa shape index (κ3) is 5.34. The van der Waals surface area contributed by atoms with Crippen LogP contribution >= 0.6 is 0 Å². The van der Waals surface area contributed by atoms with Crippen molar-refractivity contribution < 1.29 is 18.7 Å². The van der Waals surface area contributed by atoms with Crippen molar-refractivity contribution in [3.63, 3.8) is 0 Å². The van der Waals surface area contributed by atoms with Gasteiger partial charge in [-0.2, -0.15) is 0 Å². The van der Waals surface area contributed by atoms with Gasteiger partial charge in [-0.3, -0.25) is 0 Å². The molecule has 2 rings (SSSR count). The number of hydrogen-bond donors (Lipinski definition) is 0. The Bertz CT molecular complexity index is 848. The molecular formula is C22H30O5. The maximum atomic E-state index is 12.4. The van der Waals surface area contributed by atoms with Gasteiger partial charge < -0.3 is 13.9 Å². The lowest BCUT2D eigenvalue weighted by Gasteiger charge is -2.19. The van der Waals surface area contributed by atoms with Crippen LogP contribution in [0.5, 0.6) is 5.75 Å². The first-order valence-electron chi connectivity index (χ1n) is 9.53. The topological polar surface area (TPSA) is 65.7 Å². The second-order valence-corrected chi connectivity index (χ2v) is 7.84. The van der Waals surface area contributed by atoms with Crippen molar-refractivity contribution in [1.29, 1.82) is 0 Å². The van der Waals surface area contributed by atoms with Gasteiger partial charge in [0.1, 0.15) is 11.3 Å². The highest BCUT2D eigenvalue weighted by molar-refractivity contribution is 5.82. The molecule has 0 spiro atoms. The largest absolute Gasteiger partial charge is 0.479 e. The van der Waals surface area contributed by atoms with Gasteiger partial charge >= 0.3 is 11.6 Å². The molecule has 0 saturated carbocycles. The van der Waals surface area contributed by atoms with Crippen molar-refractivity contribution in [2.24, 2.45) is 11.8 Å². The van der Waals surface area contributed by atoms with Crippen LogP contribution in [-0.4, -0.2) is 19.2 Å². The Hall–Kier alpha value is -2.30. The Morgan fingerprint density at radius 3 is 2.44 bits per heavy atom. The number of fused-ring (bicyclic) bond motifs is 1. The molecule has 0 aliphatic carbocycles. The van der Waals surface area contributed by atoms with E-state index < -0.39 is 12.1 Å².